The second kappa shape index (κ2) is 26.6. The van der Waals surface area contributed by atoms with Gasteiger partial charge < -0.3 is 25.1 Å². The minimum absolute atomic E-state index is 0.0609. The zero-order chi connectivity index (χ0) is 32.3. The van der Waals surface area contributed by atoms with Crippen LogP contribution in [-0.4, -0.2) is 54.9 Å². The van der Waals surface area contributed by atoms with E-state index in [1.54, 1.807) is 0 Å². The lowest BCUT2D eigenvalue weighted by molar-refractivity contribution is -0.0980. The van der Waals surface area contributed by atoms with Crippen LogP contribution in [0.15, 0.2) is 84.9 Å². The number of benzene rings is 3. The first-order valence-corrected chi connectivity index (χ1v) is 14.9. The van der Waals surface area contributed by atoms with Crippen molar-refractivity contribution in [2.45, 2.75) is 86.0 Å². The summed E-state index contributed by atoms with van der Waals surface area (Å²) in [6.45, 7) is 16.6. The van der Waals surface area contributed by atoms with Crippen LogP contribution in [0.3, 0.4) is 0 Å². The third-order valence-corrected chi connectivity index (χ3v) is 6.27. The molecule has 1 heterocycles. The molecular weight excluding hydrogens is 526 g/mol. The van der Waals surface area contributed by atoms with Gasteiger partial charge in [-0.2, -0.15) is 0 Å². The highest BCUT2D eigenvalue weighted by atomic mass is 16.5. The van der Waals surface area contributed by atoms with Crippen molar-refractivity contribution in [3.05, 3.63) is 96.1 Å². The number of nitrogens with one attached hydrogen (secondary N) is 1. The second-order valence-electron chi connectivity index (χ2n) is 9.24. The van der Waals surface area contributed by atoms with Gasteiger partial charge in [0.15, 0.2) is 0 Å². The number of aliphatic hydroxyl groups excluding tert-OH is 2. The van der Waals surface area contributed by atoms with Gasteiger partial charge in [-0.05, 0) is 55.9 Å². The van der Waals surface area contributed by atoms with Gasteiger partial charge in [-0.3, -0.25) is 4.79 Å². The predicted octanol–water partition coefficient (Wildman–Crippen LogP) is 7.51. The van der Waals surface area contributed by atoms with Gasteiger partial charge >= 0.3 is 0 Å². The second-order valence-corrected chi connectivity index (χ2v) is 9.24. The van der Waals surface area contributed by atoms with Crippen LogP contribution in [0.5, 0.6) is 0 Å². The fourth-order valence-corrected chi connectivity index (χ4v) is 4.12. The first-order valence-electron chi connectivity index (χ1n) is 14.9. The number of rotatable bonds is 6. The number of carbonyl (C=O) groups is 2. The SMILES string of the molecule is C=O.CC.CC.CC1CCC(C)C(CC(O)CNC(=O)c2ccc(-c3ccccc3)cc2)O1.CO.Cc1ccccc1. The molecule has 42 heavy (non-hydrogen) atoms. The molecule has 4 rings (SSSR count). The lowest BCUT2D eigenvalue weighted by atomic mass is 9.90. The number of amides is 1. The molecule has 1 amide bonds. The lowest BCUT2D eigenvalue weighted by Gasteiger charge is -2.34. The van der Waals surface area contributed by atoms with E-state index in [1.165, 1.54) is 5.56 Å². The van der Waals surface area contributed by atoms with Crippen LogP contribution in [0.2, 0.25) is 0 Å². The summed E-state index contributed by atoms with van der Waals surface area (Å²) in [6.07, 6.45) is 2.46. The normalized spacial score (nSPS) is 17.1. The maximum Gasteiger partial charge on any atom is 0.251 e. The van der Waals surface area contributed by atoms with E-state index in [0.717, 1.165) is 31.1 Å². The Morgan fingerprint density at radius 2 is 1.31 bits per heavy atom. The first-order chi connectivity index (χ1) is 20.4. The highest BCUT2D eigenvalue weighted by Gasteiger charge is 2.28. The first kappa shape index (κ1) is 40.8. The molecule has 6 nitrogen and oxygen atoms in total. The molecule has 1 fully saturated rings. The Balaban J connectivity index is 0. The van der Waals surface area contributed by atoms with Crippen molar-refractivity contribution in [2.24, 2.45) is 5.92 Å². The molecule has 234 valence electrons. The molecule has 0 aromatic heterocycles. The van der Waals surface area contributed by atoms with Crippen LogP contribution in [-0.2, 0) is 9.53 Å². The van der Waals surface area contributed by atoms with Gasteiger partial charge in [-0.25, -0.2) is 0 Å². The van der Waals surface area contributed by atoms with E-state index in [0.29, 0.717) is 17.9 Å². The highest BCUT2D eigenvalue weighted by Crippen LogP contribution is 2.27. The number of carbonyl (C=O) groups excluding carboxylic acids is 2. The zero-order valence-corrected chi connectivity index (χ0v) is 27.0. The molecule has 3 aromatic rings. The van der Waals surface area contributed by atoms with Gasteiger partial charge in [0.25, 0.3) is 5.91 Å². The molecule has 0 aliphatic carbocycles. The third kappa shape index (κ3) is 16.8. The minimum atomic E-state index is -0.602. The molecule has 1 saturated heterocycles. The average Bonchev–Trinajstić information content (AvgIpc) is 3.06. The maximum atomic E-state index is 12.4. The van der Waals surface area contributed by atoms with Crippen molar-refractivity contribution in [3.63, 3.8) is 0 Å². The summed E-state index contributed by atoms with van der Waals surface area (Å²) in [7, 11) is 1.00. The van der Waals surface area contributed by atoms with E-state index >= 15 is 0 Å². The highest BCUT2D eigenvalue weighted by molar-refractivity contribution is 5.94. The van der Waals surface area contributed by atoms with Crippen LogP contribution < -0.4 is 5.32 Å². The van der Waals surface area contributed by atoms with Gasteiger partial charge in [-0.1, -0.05) is 113 Å². The molecule has 4 atom stereocenters. The lowest BCUT2D eigenvalue weighted by Crippen LogP contribution is -2.39. The Morgan fingerprint density at radius 3 is 1.79 bits per heavy atom. The Labute approximate surface area is 255 Å². The van der Waals surface area contributed by atoms with Crippen molar-refractivity contribution in [3.8, 4) is 11.1 Å². The average molecular weight is 582 g/mol. The maximum absolute atomic E-state index is 12.4. The number of ether oxygens (including phenoxy) is 1. The Morgan fingerprint density at radius 1 is 0.833 bits per heavy atom. The summed E-state index contributed by atoms with van der Waals surface area (Å²) < 4.78 is 5.94. The standard InChI is InChI=1S/C23H29NO3.C7H8.2C2H6.CH4O.CH2O/c1-16-8-9-17(2)27-22(16)14-21(25)15-24-23(26)20-12-10-19(11-13-20)18-6-4-3-5-7-18;1-7-5-3-2-4-6-7;4*1-2/h3-7,10-13,16-17,21-22,25H,8-9,14-15H2,1-2H3,(H,24,26);2-6H,1H3;2*1-2H3;2H,1H3;1H2. The monoisotopic (exact) mass is 581 g/mol. The summed E-state index contributed by atoms with van der Waals surface area (Å²) in [4.78, 5) is 20.4. The quantitative estimate of drug-likeness (QED) is 0.280. The van der Waals surface area contributed by atoms with Crippen LogP contribution in [0.25, 0.3) is 11.1 Å². The van der Waals surface area contributed by atoms with Crippen molar-refractivity contribution < 1.29 is 24.5 Å². The molecule has 6 heteroatoms. The Bertz CT molecular complexity index is 1010. The number of hydrogen-bond donors (Lipinski definition) is 3. The largest absolute Gasteiger partial charge is 0.400 e. The molecule has 1 aliphatic heterocycles. The third-order valence-electron chi connectivity index (χ3n) is 6.27. The van der Waals surface area contributed by atoms with Crippen molar-refractivity contribution in [1.29, 1.82) is 0 Å². The molecule has 3 aromatic carbocycles. The smallest absolute Gasteiger partial charge is 0.251 e. The predicted molar refractivity (Wildman–Crippen MR) is 177 cm³/mol. The Kier molecular flexibility index (Phi) is 25.8. The summed E-state index contributed by atoms with van der Waals surface area (Å²) in [5.41, 5.74) is 4.11. The van der Waals surface area contributed by atoms with Crippen LogP contribution in [0, 0.1) is 12.8 Å². The van der Waals surface area contributed by atoms with Crippen LogP contribution >= 0.6 is 0 Å². The van der Waals surface area contributed by atoms with Crippen molar-refractivity contribution in [1.82, 2.24) is 5.32 Å². The van der Waals surface area contributed by atoms with E-state index in [4.69, 9.17) is 14.6 Å². The Hall–Kier alpha value is -3.32. The van der Waals surface area contributed by atoms with Crippen molar-refractivity contribution in [2.75, 3.05) is 13.7 Å². The molecule has 0 bridgehead atoms. The molecule has 0 saturated carbocycles. The molecule has 0 spiro atoms. The van der Waals surface area contributed by atoms with Gasteiger partial charge in [0.2, 0.25) is 0 Å². The molecule has 4 unspecified atom stereocenters. The van der Waals surface area contributed by atoms with E-state index < -0.39 is 6.10 Å². The van der Waals surface area contributed by atoms with E-state index in [1.807, 2.05) is 107 Å². The zero-order valence-electron chi connectivity index (χ0n) is 27.0. The molecular formula is C36H55NO5. The van der Waals surface area contributed by atoms with E-state index in [-0.39, 0.29) is 24.7 Å². The number of hydrogen-bond acceptors (Lipinski definition) is 5. The van der Waals surface area contributed by atoms with Crippen LogP contribution in [0.1, 0.15) is 76.7 Å². The van der Waals surface area contributed by atoms with Crippen molar-refractivity contribution >= 4 is 12.7 Å². The van der Waals surface area contributed by atoms with E-state index in [9.17, 15) is 9.90 Å². The van der Waals surface area contributed by atoms with Gasteiger partial charge in [0.05, 0.1) is 18.3 Å². The van der Waals surface area contributed by atoms with Gasteiger partial charge in [0.1, 0.15) is 6.79 Å². The van der Waals surface area contributed by atoms with Gasteiger partial charge in [-0.15, -0.1) is 0 Å². The summed E-state index contributed by atoms with van der Waals surface area (Å²) in [5, 5.41) is 20.1. The summed E-state index contributed by atoms with van der Waals surface area (Å²) >= 11 is 0. The molecule has 0 radical (unpaired) electrons. The van der Waals surface area contributed by atoms with Gasteiger partial charge in [0, 0.05) is 25.6 Å². The number of aliphatic hydroxyl groups is 2. The summed E-state index contributed by atoms with van der Waals surface area (Å²) in [6, 6.07) is 27.8. The molecule has 1 aliphatic rings. The number of aryl methyl sites for hydroxylation is 1. The molecule has 3 N–H and O–H groups in total. The fourth-order valence-electron chi connectivity index (χ4n) is 4.12. The minimum Gasteiger partial charge on any atom is -0.400 e. The van der Waals surface area contributed by atoms with Crippen LogP contribution in [0.4, 0.5) is 0 Å². The summed E-state index contributed by atoms with van der Waals surface area (Å²) in [5.74, 6) is 0.275. The topological polar surface area (TPSA) is 95.9 Å². The van der Waals surface area contributed by atoms with E-state index in [2.05, 4.69) is 38.2 Å². The fraction of sp³-hybridized carbons (Fsp3) is 0.444.